The number of tetrazole rings is 1. The maximum Gasteiger partial charge on any atom is 0.368 e. The molecule has 8 heteroatoms. The summed E-state index contributed by atoms with van der Waals surface area (Å²) < 4.78 is 2.42. The number of aryl methyl sites for hydroxylation is 1. The van der Waals surface area contributed by atoms with Crippen molar-refractivity contribution in [1.29, 1.82) is 0 Å². The number of halogens is 1. The van der Waals surface area contributed by atoms with E-state index in [0.717, 1.165) is 16.7 Å². The molecule has 4 aromatic rings. The lowest BCUT2D eigenvalue weighted by Crippen LogP contribution is -2.25. The first-order valence-electron chi connectivity index (χ1n) is 7.63. The van der Waals surface area contributed by atoms with Crippen molar-refractivity contribution < 1.29 is 0 Å². The third-order valence-electron chi connectivity index (χ3n) is 3.86. The first kappa shape index (κ1) is 15.5. The molecule has 0 N–H and O–H groups in total. The summed E-state index contributed by atoms with van der Waals surface area (Å²) in [7, 11) is 0. The Labute approximate surface area is 147 Å². The lowest BCUT2D eigenvalue weighted by Gasteiger charge is -2.05. The normalized spacial score (nSPS) is 11.1. The second-order valence-corrected chi connectivity index (χ2v) is 5.93. The number of nitrogens with zero attached hydrogens (tertiary/aromatic N) is 6. The van der Waals surface area contributed by atoms with Gasteiger partial charge >= 0.3 is 5.69 Å². The topological polar surface area (TPSA) is 78.5 Å². The molecule has 124 valence electrons. The van der Waals surface area contributed by atoms with Crippen LogP contribution in [0.15, 0.2) is 53.3 Å². The predicted molar refractivity (Wildman–Crippen MR) is 94.0 cm³/mol. The van der Waals surface area contributed by atoms with Crippen molar-refractivity contribution in [3.63, 3.8) is 0 Å². The number of para-hydroxylation sites is 3. The van der Waals surface area contributed by atoms with Crippen LogP contribution in [0.5, 0.6) is 0 Å². The second kappa shape index (κ2) is 6.10. The number of hydrogen-bond donors (Lipinski definition) is 0. The van der Waals surface area contributed by atoms with E-state index in [2.05, 4.69) is 20.4 Å². The third-order valence-corrected chi connectivity index (χ3v) is 4.18. The fourth-order valence-electron chi connectivity index (χ4n) is 2.56. The number of rotatable bonds is 3. The molecule has 0 unspecified atom stereocenters. The Morgan fingerprint density at radius 2 is 1.64 bits per heavy atom. The Morgan fingerprint density at radius 3 is 2.40 bits per heavy atom. The van der Waals surface area contributed by atoms with Gasteiger partial charge in [0.2, 0.25) is 0 Å². The van der Waals surface area contributed by atoms with E-state index in [1.807, 2.05) is 31.2 Å². The molecule has 2 heterocycles. The molecule has 0 radical (unpaired) electrons. The fraction of sp³-hybridized carbons (Fsp3) is 0.118. The summed E-state index contributed by atoms with van der Waals surface area (Å²) in [6.07, 6.45) is 0. The Morgan fingerprint density at radius 1 is 0.960 bits per heavy atom. The van der Waals surface area contributed by atoms with Crippen LogP contribution in [-0.4, -0.2) is 29.8 Å². The van der Waals surface area contributed by atoms with Crippen molar-refractivity contribution in [2.45, 2.75) is 13.5 Å². The fourth-order valence-corrected chi connectivity index (χ4v) is 2.78. The molecule has 0 aliphatic rings. The minimum atomic E-state index is -0.387. The van der Waals surface area contributed by atoms with Crippen molar-refractivity contribution >= 4 is 22.6 Å². The molecule has 0 atom stereocenters. The Balaban J connectivity index is 1.74. The van der Waals surface area contributed by atoms with Gasteiger partial charge in [0, 0.05) is 0 Å². The van der Waals surface area contributed by atoms with Gasteiger partial charge in [0.15, 0.2) is 0 Å². The van der Waals surface area contributed by atoms with Gasteiger partial charge in [-0.25, -0.2) is 14.8 Å². The van der Waals surface area contributed by atoms with Crippen LogP contribution in [-0.2, 0) is 6.54 Å². The van der Waals surface area contributed by atoms with Crippen molar-refractivity contribution in [3.05, 3.63) is 75.4 Å². The van der Waals surface area contributed by atoms with Gasteiger partial charge < -0.3 is 0 Å². The molecule has 0 bridgehead atoms. The van der Waals surface area contributed by atoms with Crippen LogP contribution in [0.3, 0.4) is 0 Å². The summed E-state index contributed by atoms with van der Waals surface area (Å²) in [4.78, 5) is 21.7. The largest absolute Gasteiger partial charge is 0.368 e. The molecule has 7 nitrogen and oxygen atoms in total. The molecule has 0 fully saturated rings. The number of benzene rings is 2. The maximum absolute atomic E-state index is 12.6. The van der Waals surface area contributed by atoms with Crippen LogP contribution in [0.1, 0.15) is 11.4 Å². The standard InChI is InChI=1S/C17H13ClN6O/c1-11-15(20-14-8-4-3-7-13(14)19-11)10-23-17(25)24(22-21-23)16-9-5-2-6-12(16)18/h2-9H,10H2,1H3. The third kappa shape index (κ3) is 2.78. The van der Waals surface area contributed by atoms with Crippen LogP contribution < -0.4 is 5.69 Å². The minimum absolute atomic E-state index is 0.187. The van der Waals surface area contributed by atoms with E-state index < -0.39 is 0 Å². The molecular formula is C17H13ClN6O. The monoisotopic (exact) mass is 352 g/mol. The van der Waals surface area contributed by atoms with E-state index in [1.165, 1.54) is 9.36 Å². The summed E-state index contributed by atoms with van der Waals surface area (Å²) >= 11 is 6.13. The summed E-state index contributed by atoms with van der Waals surface area (Å²) in [5, 5.41) is 8.29. The maximum atomic E-state index is 12.6. The van der Waals surface area contributed by atoms with Crippen molar-refractivity contribution in [2.75, 3.05) is 0 Å². The lowest BCUT2D eigenvalue weighted by molar-refractivity contribution is 0.618. The predicted octanol–water partition coefficient (Wildman–Crippen LogP) is 2.38. The Hall–Kier alpha value is -3.06. The molecule has 4 rings (SSSR count). The zero-order chi connectivity index (χ0) is 17.4. The smallest absolute Gasteiger partial charge is 0.250 e. The van der Waals surface area contributed by atoms with Gasteiger partial charge in [-0.15, -0.1) is 0 Å². The lowest BCUT2D eigenvalue weighted by atomic mass is 10.2. The van der Waals surface area contributed by atoms with Crippen LogP contribution in [0.25, 0.3) is 16.7 Å². The highest BCUT2D eigenvalue weighted by Crippen LogP contribution is 2.17. The molecule has 2 aromatic carbocycles. The number of fused-ring (bicyclic) bond motifs is 1. The van der Waals surface area contributed by atoms with Crippen molar-refractivity contribution in [3.8, 4) is 5.69 Å². The van der Waals surface area contributed by atoms with E-state index in [1.54, 1.807) is 24.3 Å². The summed E-state index contributed by atoms with van der Waals surface area (Å²) in [5.74, 6) is 0. The zero-order valence-corrected chi connectivity index (χ0v) is 14.1. The molecule has 0 aliphatic carbocycles. The van der Waals surface area contributed by atoms with Gasteiger partial charge in [0.1, 0.15) is 0 Å². The summed E-state index contributed by atoms with van der Waals surface area (Å²) in [6, 6.07) is 14.6. The summed E-state index contributed by atoms with van der Waals surface area (Å²) in [5.41, 5.74) is 3.11. The van der Waals surface area contributed by atoms with Gasteiger partial charge in [-0.3, -0.25) is 0 Å². The quantitative estimate of drug-likeness (QED) is 0.565. The van der Waals surface area contributed by atoms with Gasteiger partial charge in [-0.2, -0.15) is 9.36 Å². The van der Waals surface area contributed by atoms with Crippen molar-refractivity contribution in [1.82, 2.24) is 29.8 Å². The highest BCUT2D eigenvalue weighted by molar-refractivity contribution is 6.32. The second-order valence-electron chi connectivity index (χ2n) is 5.53. The van der Waals surface area contributed by atoms with Gasteiger partial charge in [0.25, 0.3) is 0 Å². The highest BCUT2D eigenvalue weighted by Gasteiger charge is 2.14. The van der Waals surface area contributed by atoms with E-state index in [4.69, 9.17) is 11.6 Å². The Bertz CT molecular complexity index is 1130. The minimum Gasteiger partial charge on any atom is -0.250 e. The molecule has 0 amide bonds. The molecule has 0 aliphatic heterocycles. The van der Waals surface area contributed by atoms with Crippen LogP contribution in [0.2, 0.25) is 5.02 Å². The number of aromatic nitrogens is 6. The molecule has 0 saturated carbocycles. The number of hydrogen-bond acceptors (Lipinski definition) is 5. The Kier molecular flexibility index (Phi) is 3.77. The van der Waals surface area contributed by atoms with E-state index in [-0.39, 0.29) is 12.2 Å². The first-order chi connectivity index (χ1) is 12.1. The van der Waals surface area contributed by atoms with Gasteiger partial charge in [-0.1, -0.05) is 35.9 Å². The van der Waals surface area contributed by atoms with Crippen LogP contribution in [0, 0.1) is 6.92 Å². The van der Waals surface area contributed by atoms with Crippen LogP contribution >= 0.6 is 11.6 Å². The zero-order valence-electron chi connectivity index (χ0n) is 13.3. The van der Waals surface area contributed by atoms with E-state index in [0.29, 0.717) is 16.4 Å². The van der Waals surface area contributed by atoms with Gasteiger partial charge in [0.05, 0.1) is 39.7 Å². The van der Waals surface area contributed by atoms with E-state index >= 15 is 0 Å². The SMILES string of the molecule is Cc1nc2ccccc2nc1Cn1nnn(-c2ccccc2Cl)c1=O. The molecule has 0 spiro atoms. The van der Waals surface area contributed by atoms with Crippen molar-refractivity contribution in [2.24, 2.45) is 0 Å². The first-order valence-corrected chi connectivity index (χ1v) is 8.01. The highest BCUT2D eigenvalue weighted by atomic mass is 35.5. The summed E-state index contributed by atoms with van der Waals surface area (Å²) in [6.45, 7) is 2.05. The van der Waals surface area contributed by atoms with Gasteiger partial charge in [-0.05, 0) is 41.6 Å². The van der Waals surface area contributed by atoms with Crippen LogP contribution in [0.4, 0.5) is 0 Å². The molecule has 2 aromatic heterocycles. The molecule has 25 heavy (non-hydrogen) atoms. The molecular weight excluding hydrogens is 340 g/mol. The van der Waals surface area contributed by atoms with E-state index in [9.17, 15) is 4.79 Å². The average Bonchev–Trinajstić information content (AvgIpc) is 2.97. The average molecular weight is 353 g/mol. The molecule has 0 saturated heterocycles.